The van der Waals surface area contributed by atoms with Crippen LogP contribution < -0.4 is 5.73 Å². The van der Waals surface area contributed by atoms with Crippen LogP contribution in [0, 0.1) is 0 Å². The Hall–Kier alpha value is -2.77. The maximum atomic E-state index is 12.8. The molecule has 1 aliphatic rings. The zero-order chi connectivity index (χ0) is 19.4. The SMILES string of the molecule is CN1CCN(C(=O)c2ccc(-c3ccc(C(N)=O)cn3)cc2)C[C@H]1CCO. The summed E-state index contributed by atoms with van der Waals surface area (Å²) in [5.74, 6) is -0.517. The Kier molecular flexibility index (Phi) is 5.83. The molecule has 0 aliphatic carbocycles. The molecule has 27 heavy (non-hydrogen) atoms. The van der Waals surface area contributed by atoms with Crippen molar-refractivity contribution in [3.8, 4) is 11.3 Å². The summed E-state index contributed by atoms with van der Waals surface area (Å²) in [5, 5.41) is 9.20. The molecular formula is C20H24N4O3. The van der Waals surface area contributed by atoms with Crippen molar-refractivity contribution < 1.29 is 14.7 Å². The number of aromatic nitrogens is 1. The number of hydrogen-bond donors (Lipinski definition) is 2. The van der Waals surface area contributed by atoms with Crippen LogP contribution in [0.25, 0.3) is 11.3 Å². The first-order valence-corrected chi connectivity index (χ1v) is 8.96. The number of hydrogen-bond acceptors (Lipinski definition) is 5. The summed E-state index contributed by atoms with van der Waals surface area (Å²) < 4.78 is 0. The quantitative estimate of drug-likeness (QED) is 0.820. The third-order valence-electron chi connectivity index (χ3n) is 5.00. The van der Waals surface area contributed by atoms with E-state index >= 15 is 0 Å². The van der Waals surface area contributed by atoms with E-state index in [1.165, 1.54) is 6.20 Å². The fraction of sp³-hybridized carbons (Fsp3) is 0.350. The van der Waals surface area contributed by atoms with Crippen LogP contribution >= 0.6 is 0 Å². The van der Waals surface area contributed by atoms with Crippen LogP contribution in [0.5, 0.6) is 0 Å². The van der Waals surface area contributed by atoms with Gasteiger partial charge >= 0.3 is 0 Å². The van der Waals surface area contributed by atoms with Gasteiger partial charge in [-0.05, 0) is 37.7 Å². The molecule has 0 spiro atoms. The van der Waals surface area contributed by atoms with E-state index in [-0.39, 0.29) is 18.6 Å². The molecule has 3 N–H and O–H groups in total. The molecule has 0 bridgehead atoms. The maximum Gasteiger partial charge on any atom is 0.253 e. The average Bonchev–Trinajstić information content (AvgIpc) is 2.69. The molecule has 1 atom stereocenters. The number of carbonyl (C=O) groups is 2. The van der Waals surface area contributed by atoms with E-state index in [4.69, 9.17) is 5.73 Å². The highest BCUT2D eigenvalue weighted by atomic mass is 16.3. The number of likely N-dealkylation sites (N-methyl/N-ethyl adjacent to an activating group) is 1. The van der Waals surface area contributed by atoms with Crippen LogP contribution in [0.15, 0.2) is 42.6 Å². The van der Waals surface area contributed by atoms with Crippen molar-refractivity contribution in [3.05, 3.63) is 53.7 Å². The van der Waals surface area contributed by atoms with E-state index in [0.29, 0.717) is 36.3 Å². The number of nitrogens with two attached hydrogens (primary N) is 1. The Morgan fingerprint density at radius 2 is 1.85 bits per heavy atom. The molecule has 1 aromatic heterocycles. The van der Waals surface area contributed by atoms with Crippen LogP contribution in [-0.4, -0.2) is 71.0 Å². The van der Waals surface area contributed by atoms with E-state index in [0.717, 1.165) is 12.1 Å². The van der Waals surface area contributed by atoms with Gasteiger partial charge in [-0.2, -0.15) is 0 Å². The molecule has 1 saturated heterocycles. The third kappa shape index (κ3) is 4.32. The molecule has 1 aliphatic heterocycles. The van der Waals surface area contributed by atoms with Gasteiger partial charge in [0.2, 0.25) is 5.91 Å². The van der Waals surface area contributed by atoms with Crippen LogP contribution in [-0.2, 0) is 0 Å². The van der Waals surface area contributed by atoms with E-state index in [9.17, 15) is 14.7 Å². The van der Waals surface area contributed by atoms with Crippen molar-refractivity contribution >= 4 is 11.8 Å². The van der Waals surface area contributed by atoms with E-state index < -0.39 is 5.91 Å². The summed E-state index contributed by atoms with van der Waals surface area (Å²) >= 11 is 0. The van der Waals surface area contributed by atoms with Crippen molar-refractivity contribution in [3.63, 3.8) is 0 Å². The second kappa shape index (κ2) is 8.28. The van der Waals surface area contributed by atoms with Crippen molar-refractivity contribution in [2.24, 2.45) is 5.73 Å². The third-order valence-corrected chi connectivity index (χ3v) is 5.00. The number of aliphatic hydroxyl groups excluding tert-OH is 1. The van der Waals surface area contributed by atoms with Gasteiger partial charge in [0.25, 0.3) is 5.91 Å². The molecule has 7 heteroatoms. The molecule has 2 aromatic rings. The molecule has 1 aromatic carbocycles. The van der Waals surface area contributed by atoms with Crippen LogP contribution in [0.1, 0.15) is 27.1 Å². The molecule has 0 saturated carbocycles. The first-order valence-electron chi connectivity index (χ1n) is 8.96. The molecule has 0 unspecified atom stereocenters. The van der Waals surface area contributed by atoms with Gasteiger partial charge in [0.15, 0.2) is 0 Å². The molecule has 3 rings (SSSR count). The highest BCUT2D eigenvalue weighted by molar-refractivity contribution is 5.95. The predicted molar refractivity (Wildman–Crippen MR) is 102 cm³/mol. The van der Waals surface area contributed by atoms with Crippen LogP contribution in [0.4, 0.5) is 0 Å². The minimum Gasteiger partial charge on any atom is -0.396 e. The van der Waals surface area contributed by atoms with Gasteiger partial charge in [-0.1, -0.05) is 12.1 Å². The van der Waals surface area contributed by atoms with Crippen LogP contribution in [0.2, 0.25) is 0 Å². The fourth-order valence-corrected chi connectivity index (χ4v) is 3.27. The second-order valence-corrected chi connectivity index (χ2v) is 6.77. The van der Waals surface area contributed by atoms with Crippen molar-refractivity contribution in [2.45, 2.75) is 12.5 Å². The number of piperazine rings is 1. The highest BCUT2D eigenvalue weighted by Crippen LogP contribution is 2.20. The topological polar surface area (TPSA) is 99.8 Å². The monoisotopic (exact) mass is 368 g/mol. The number of pyridine rings is 1. The Bertz CT molecular complexity index is 805. The number of benzene rings is 1. The number of rotatable bonds is 5. The molecule has 142 valence electrons. The van der Waals surface area contributed by atoms with Gasteiger partial charge in [0.1, 0.15) is 0 Å². The minimum atomic E-state index is -0.512. The van der Waals surface area contributed by atoms with Crippen LogP contribution in [0.3, 0.4) is 0 Å². The summed E-state index contributed by atoms with van der Waals surface area (Å²) in [6, 6.07) is 10.8. The standard InChI is InChI=1S/C20H24N4O3/c1-23-9-10-24(13-17(23)8-11-25)20(27)15-4-2-14(3-5-15)18-7-6-16(12-22-18)19(21)26/h2-7,12,17,25H,8-11,13H2,1H3,(H2,21,26)/t17-/m1/s1. The largest absolute Gasteiger partial charge is 0.396 e. The lowest BCUT2D eigenvalue weighted by atomic mass is 10.1. The Morgan fingerprint density at radius 3 is 2.44 bits per heavy atom. The number of nitrogens with zero attached hydrogens (tertiary/aromatic N) is 3. The Labute approximate surface area is 158 Å². The zero-order valence-electron chi connectivity index (χ0n) is 15.3. The summed E-state index contributed by atoms with van der Waals surface area (Å²) in [6.45, 7) is 2.21. The number of primary amides is 1. The van der Waals surface area contributed by atoms with E-state index in [2.05, 4.69) is 9.88 Å². The highest BCUT2D eigenvalue weighted by Gasteiger charge is 2.27. The van der Waals surface area contributed by atoms with Gasteiger partial charge in [0.05, 0.1) is 11.3 Å². The van der Waals surface area contributed by atoms with Gasteiger partial charge in [-0.3, -0.25) is 19.5 Å². The van der Waals surface area contributed by atoms with Gasteiger partial charge in [0, 0.05) is 49.6 Å². The van der Waals surface area contributed by atoms with E-state index in [1.807, 2.05) is 24.1 Å². The van der Waals surface area contributed by atoms with Gasteiger partial charge in [-0.25, -0.2) is 0 Å². The summed E-state index contributed by atoms with van der Waals surface area (Å²) in [7, 11) is 2.02. The van der Waals surface area contributed by atoms with E-state index in [1.54, 1.807) is 24.3 Å². The van der Waals surface area contributed by atoms with Crippen molar-refractivity contribution in [1.29, 1.82) is 0 Å². The summed E-state index contributed by atoms with van der Waals surface area (Å²) in [4.78, 5) is 32.2. The lowest BCUT2D eigenvalue weighted by Gasteiger charge is -2.39. The number of amides is 2. The molecule has 1 fully saturated rings. The normalized spacial score (nSPS) is 17.7. The average molecular weight is 368 g/mol. The minimum absolute atomic E-state index is 0.00498. The zero-order valence-corrected chi connectivity index (χ0v) is 15.3. The van der Waals surface area contributed by atoms with Gasteiger partial charge in [-0.15, -0.1) is 0 Å². The van der Waals surface area contributed by atoms with Crippen molar-refractivity contribution in [1.82, 2.24) is 14.8 Å². The Balaban J connectivity index is 1.71. The first-order chi connectivity index (χ1) is 13.0. The van der Waals surface area contributed by atoms with Gasteiger partial charge < -0.3 is 15.7 Å². The predicted octanol–water partition coefficient (Wildman–Crippen LogP) is 0.986. The van der Waals surface area contributed by atoms with Crippen molar-refractivity contribution in [2.75, 3.05) is 33.3 Å². The smallest absolute Gasteiger partial charge is 0.253 e. The molecule has 0 radical (unpaired) electrons. The molecule has 2 amide bonds. The summed E-state index contributed by atoms with van der Waals surface area (Å²) in [5.41, 5.74) is 7.78. The molecule has 7 nitrogen and oxygen atoms in total. The fourth-order valence-electron chi connectivity index (χ4n) is 3.27. The summed E-state index contributed by atoms with van der Waals surface area (Å²) in [6.07, 6.45) is 2.11. The molecule has 2 heterocycles. The Morgan fingerprint density at radius 1 is 1.15 bits per heavy atom. The molecular weight excluding hydrogens is 344 g/mol. The number of aliphatic hydroxyl groups is 1. The lowest BCUT2D eigenvalue weighted by Crippen LogP contribution is -2.53. The maximum absolute atomic E-state index is 12.8. The second-order valence-electron chi connectivity index (χ2n) is 6.77. The first kappa shape index (κ1) is 19.0. The number of carbonyl (C=O) groups excluding carboxylic acids is 2. The lowest BCUT2D eigenvalue weighted by molar-refractivity contribution is 0.0500.